The van der Waals surface area contributed by atoms with E-state index < -0.39 is 0 Å². The Morgan fingerprint density at radius 1 is 1.29 bits per heavy atom. The van der Waals surface area contributed by atoms with Crippen LogP contribution in [0.15, 0.2) is 30.5 Å². The molecular formula is C13H14ClN3. The molecule has 0 spiro atoms. The van der Waals surface area contributed by atoms with Crippen LogP contribution >= 0.6 is 11.6 Å². The molecule has 1 aromatic heterocycles. The van der Waals surface area contributed by atoms with Crippen LogP contribution in [-0.2, 0) is 0 Å². The second-order valence-electron chi connectivity index (χ2n) is 4.36. The predicted molar refractivity (Wildman–Crippen MR) is 70.6 cm³/mol. The maximum Gasteiger partial charge on any atom is 0.148 e. The molecule has 1 fully saturated rings. The van der Waals surface area contributed by atoms with Crippen LogP contribution in [0.1, 0.15) is 12.8 Å². The van der Waals surface area contributed by atoms with Gasteiger partial charge in [0.25, 0.3) is 0 Å². The highest BCUT2D eigenvalue weighted by atomic mass is 35.5. The zero-order valence-electron chi connectivity index (χ0n) is 9.51. The first-order valence-electron chi connectivity index (χ1n) is 5.93. The molecule has 2 heterocycles. The molecule has 0 bridgehead atoms. The molecule has 1 atom stereocenters. The van der Waals surface area contributed by atoms with Crippen LogP contribution in [0.4, 0.5) is 5.82 Å². The molecule has 3 rings (SSSR count). The average molecular weight is 248 g/mol. The SMILES string of the molecule is ClCC1CCCN1c1cnc2ccccc2n1. The van der Waals surface area contributed by atoms with Gasteiger partial charge in [0, 0.05) is 18.5 Å². The zero-order valence-corrected chi connectivity index (χ0v) is 10.3. The summed E-state index contributed by atoms with van der Waals surface area (Å²) in [5.74, 6) is 1.61. The van der Waals surface area contributed by atoms with Crippen LogP contribution in [0.3, 0.4) is 0 Å². The highest BCUT2D eigenvalue weighted by molar-refractivity contribution is 6.18. The van der Waals surface area contributed by atoms with Crippen molar-refractivity contribution in [2.45, 2.75) is 18.9 Å². The summed E-state index contributed by atoms with van der Waals surface area (Å²) in [5, 5.41) is 0. The molecule has 4 heteroatoms. The Hall–Kier alpha value is -1.35. The van der Waals surface area contributed by atoms with Crippen LogP contribution in [0.25, 0.3) is 11.0 Å². The van der Waals surface area contributed by atoms with Crippen molar-refractivity contribution in [1.29, 1.82) is 0 Å². The number of halogens is 1. The van der Waals surface area contributed by atoms with Crippen molar-refractivity contribution in [2.75, 3.05) is 17.3 Å². The molecule has 3 nitrogen and oxygen atoms in total. The summed E-state index contributed by atoms with van der Waals surface area (Å²) >= 11 is 5.98. The lowest BCUT2D eigenvalue weighted by molar-refractivity contribution is 0.733. The third kappa shape index (κ3) is 1.95. The highest BCUT2D eigenvalue weighted by Gasteiger charge is 2.24. The summed E-state index contributed by atoms with van der Waals surface area (Å²) in [6.45, 7) is 1.03. The molecular weight excluding hydrogens is 234 g/mol. The van der Waals surface area contributed by atoms with Crippen molar-refractivity contribution < 1.29 is 0 Å². The lowest BCUT2D eigenvalue weighted by Gasteiger charge is -2.23. The van der Waals surface area contributed by atoms with E-state index in [0.717, 1.165) is 29.8 Å². The van der Waals surface area contributed by atoms with E-state index in [1.165, 1.54) is 6.42 Å². The Bertz CT molecular complexity index is 529. The van der Waals surface area contributed by atoms with E-state index in [2.05, 4.69) is 14.9 Å². The first-order chi connectivity index (χ1) is 8.38. The number of aromatic nitrogens is 2. The molecule has 88 valence electrons. The van der Waals surface area contributed by atoms with E-state index in [1.807, 2.05) is 30.5 Å². The molecule has 0 saturated carbocycles. The lowest BCUT2D eigenvalue weighted by atomic mass is 10.2. The van der Waals surface area contributed by atoms with E-state index >= 15 is 0 Å². The highest BCUT2D eigenvalue weighted by Crippen LogP contribution is 2.25. The van der Waals surface area contributed by atoms with Gasteiger partial charge in [-0.1, -0.05) is 12.1 Å². The molecule has 1 saturated heterocycles. The first-order valence-corrected chi connectivity index (χ1v) is 6.46. The molecule has 0 aliphatic carbocycles. The van der Waals surface area contributed by atoms with Gasteiger partial charge in [0.15, 0.2) is 0 Å². The minimum atomic E-state index is 0.409. The predicted octanol–water partition coefficient (Wildman–Crippen LogP) is 2.84. The average Bonchev–Trinajstić information content (AvgIpc) is 2.86. The van der Waals surface area contributed by atoms with E-state index in [0.29, 0.717) is 11.9 Å². The smallest absolute Gasteiger partial charge is 0.148 e. The Morgan fingerprint density at radius 3 is 2.94 bits per heavy atom. The van der Waals surface area contributed by atoms with E-state index in [9.17, 15) is 0 Å². The molecule has 0 N–H and O–H groups in total. The summed E-state index contributed by atoms with van der Waals surface area (Å²) in [7, 11) is 0. The molecule has 1 unspecified atom stereocenters. The number of para-hydroxylation sites is 2. The molecule has 1 aliphatic heterocycles. The second-order valence-corrected chi connectivity index (χ2v) is 4.67. The first kappa shape index (κ1) is 10.8. The fourth-order valence-electron chi connectivity index (χ4n) is 2.38. The number of hydrogen-bond donors (Lipinski definition) is 0. The van der Waals surface area contributed by atoms with Gasteiger partial charge in [-0.2, -0.15) is 0 Å². The van der Waals surface area contributed by atoms with Crippen molar-refractivity contribution in [1.82, 2.24) is 9.97 Å². The molecule has 0 amide bonds. The fraction of sp³-hybridized carbons (Fsp3) is 0.385. The standard InChI is InChI=1S/C13H14ClN3/c14-8-10-4-3-7-17(10)13-9-15-11-5-1-2-6-12(11)16-13/h1-2,5-6,9-10H,3-4,7-8H2. The monoisotopic (exact) mass is 247 g/mol. The largest absolute Gasteiger partial charge is 0.351 e. The van der Waals surface area contributed by atoms with Crippen molar-refractivity contribution in [3.8, 4) is 0 Å². The van der Waals surface area contributed by atoms with Gasteiger partial charge in [-0.15, -0.1) is 11.6 Å². The Morgan fingerprint density at radius 2 is 2.12 bits per heavy atom. The van der Waals surface area contributed by atoms with Gasteiger partial charge < -0.3 is 4.90 Å². The molecule has 1 aliphatic rings. The van der Waals surface area contributed by atoms with Crippen molar-refractivity contribution in [3.63, 3.8) is 0 Å². The number of benzene rings is 1. The molecule has 2 aromatic rings. The molecule has 17 heavy (non-hydrogen) atoms. The van der Waals surface area contributed by atoms with E-state index in [4.69, 9.17) is 11.6 Å². The Labute approximate surface area is 105 Å². The van der Waals surface area contributed by atoms with Crippen molar-refractivity contribution in [2.24, 2.45) is 0 Å². The Balaban J connectivity index is 2.00. The van der Waals surface area contributed by atoms with E-state index in [-0.39, 0.29) is 0 Å². The zero-order chi connectivity index (χ0) is 11.7. The maximum absolute atomic E-state index is 5.98. The van der Waals surface area contributed by atoms with Gasteiger partial charge in [-0.25, -0.2) is 4.98 Å². The molecule has 1 aromatic carbocycles. The number of fused-ring (bicyclic) bond motifs is 1. The van der Waals surface area contributed by atoms with Gasteiger partial charge in [0.1, 0.15) is 5.82 Å². The summed E-state index contributed by atoms with van der Waals surface area (Å²) in [6.07, 6.45) is 4.19. The Kier molecular flexibility index (Phi) is 2.85. The van der Waals surface area contributed by atoms with Gasteiger partial charge in [0.05, 0.1) is 17.2 Å². The van der Waals surface area contributed by atoms with Crippen LogP contribution in [0, 0.1) is 0 Å². The summed E-state index contributed by atoms with van der Waals surface area (Å²) < 4.78 is 0. The van der Waals surface area contributed by atoms with Gasteiger partial charge in [0.2, 0.25) is 0 Å². The number of rotatable bonds is 2. The minimum Gasteiger partial charge on any atom is -0.351 e. The summed E-state index contributed by atoms with van der Waals surface area (Å²) in [6, 6.07) is 8.36. The van der Waals surface area contributed by atoms with Gasteiger partial charge in [-0.3, -0.25) is 4.98 Å². The topological polar surface area (TPSA) is 29.0 Å². The summed E-state index contributed by atoms with van der Waals surface area (Å²) in [5.41, 5.74) is 1.89. The normalized spacial score (nSPS) is 20.1. The van der Waals surface area contributed by atoms with E-state index in [1.54, 1.807) is 0 Å². The fourth-order valence-corrected chi connectivity index (χ4v) is 2.70. The van der Waals surface area contributed by atoms with Crippen molar-refractivity contribution >= 4 is 28.5 Å². The maximum atomic E-state index is 5.98. The van der Waals surface area contributed by atoms with Gasteiger partial charge in [-0.05, 0) is 25.0 Å². The van der Waals surface area contributed by atoms with Crippen LogP contribution in [-0.4, -0.2) is 28.4 Å². The number of anilines is 1. The quantitative estimate of drug-likeness (QED) is 0.765. The van der Waals surface area contributed by atoms with Crippen LogP contribution in [0.2, 0.25) is 0 Å². The number of alkyl halides is 1. The number of nitrogens with zero attached hydrogens (tertiary/aromatic N) is 3. The third-order valence-corrected chi connectivity index (χ3v) is 3.64. The molecule has 0 radical (unpaired) electrons. The van der Waals surface area contributed by atoms with Crippen molar-refractivity contribution in [3.05, 3.63) is 30.5 Å². The third-order valence-electron chi connectivity index (χ3n) is 3.29. The number of hydrogen-bond acceptors (Lipinski definition) is 3. The van der Waals surface area contributed by atoms with Crippen LogP contribution in [0.5, 0.6) is 0 Å². The summed E-state index contributed by atoms with van der Waals surface area (Å²) in [4.78, 5) is 11.4. The van der Waals surface area contributed by atoms with Crippen LogP contribution < -0.4 is 4.90 Å². The second kappa shape index (κ2) is 4.49. The minimum absolute atomic E-state index is 0.409. The lowest BCUT2D eigenvalue weighted by Crippen LogP contribution is -2.31. The van der Waals surface area contributed by atoms with Gasteiger partial charge >= 0.3 is 0 Å².